The van der Waals surface area contributed by atoms with E-state index in [4.69, 9.17) is 16.0 Å². The number of aryl methyl sites for hydroxylation is 1. The maximum atomic E-state index is 12.0. The van der Waals surface area contributed by atoms with Gasteiger partial charge in [0.05, 0.1) is 9.82 Å². The van der Waals surface area contributed by atoms with Crippen LogP contribution in [0.4, 0.5) is 11.7 Å². The van der Waals surface area contributed by atoms with Gasteiger partial charge in [0.15, 0.2) is 0 Å². The fraction of sp³-hybridized carbons (Fsp3) is 0.111. The number of nitro benzene ring substituents is 1. The Morgan fingerprint density at radius 1 is 1.40 bits per heavy atom. The van der Waals surface area contributed by atoms with Crippen LogP contribution < -0.4 is 4.72 Å². The molecular weight excluding hydrogens is 312 g/mol. The fourth-order valence-corrected chi connectivity index (χ4v) is 2.44. The van der Waals surface area contributed by atoms with Gasteiger partial charge in [-0.05, 0) is 12.1 Å². The Labute approximate surface area is 117 Å². The van der Waals surface area contributed by atoms with Crippen molar-refractivity contribution in [2.24, 2.45) is 0 Å². The quantitative estimate of drug-likeness (QED) is 0.671. The van der Waals surface area contributed by atoms with Gasteiger partial charge in [0, 0.05) is 13.0 Å². The van der Waals surface area contributed by atoms with Crippen molar-refractivity contribution in [2.75, 3.05) is 4.72 Å². The summed E-state index contributed by atoms with van der Waals surface area (Å²) in [7, 11) is -4.08. The topological polar surface area (TPSA) is 128 Å². The maximum absolute atomic E-state index is 12.0. The first-order chi connectivity index (χ1) is 9.29. The number of nitrogens with zero attached hydrogens (tertiary/aromatic N) is 3. The molecule has 0 aliphatic carbocycles. The number of hydrogen-bond donors (Lipinski definition) is 1. The molecule has 0 unspecified atom stereocenters. The molecule has 0 amide bonds. The lowest BCUT2D eigenvalue weighted by Crippen LogP contribution is -2.13. The van der Waals surface area contributed by atoms with Gasteiger partial charge in [-0.3, -0.25) is 10.1 Å². The molecule has 0 fully saturated rings. The summed E-state index contributed by atoms with van der Waals surface area (Å²) in [4.78, 5) is 9.60. The Morgan fingerprint density at radius 3 is 2.65 bits per heavy atom. The average Bonchev–Trinajstić information content (AvgIpc) is 2.73. The first kappa shape index (κ1) is 14.2. The van der Waals surface area contributed by atoms with Crippen molar-refractivity contribution in [1.82, 2.24) is 10.2 Å². The Morgan fingerprint density at radius 2 is 2.10 bits per heavy atom. The molecule has 2 aromatic rings. The van der Waals surface area contributed by atoms with Crippen LogP contribution >= 0.6 is 11.6 Å². The minimum Gasteiger partial charge on any atom is -0.408 e. The molecule has 0 aliphatic heterocycles. The number of nitrogens with one attached hydrogen (secondary N) is 1. The lowest BCUT2D eigenvalue weighted by atomic mass is 10.3. The lowest BCUT2D eigenvalue weighted by Gasteiger charge is -2.04. The second kappa shape index (κ2) is 5.06. The van der Waals surface area contributed by atoms with Gasteiger partial charge in [0.25, 0.3) is 15.7 Å². The van der Waals surface area contributed by atoms with E-state index in [1.807, 2.05) is 4.72 Å². The van der Waals surface area contributed by atoms with Crippen molar-refractivity contribution in [3.63, 3.8) is 0 Å². The smallest absolute Gasteiger partial charge is 0.329 e. The molecule has 106 valence electrons. The first-order valence-electron chi connectivity index (χ1n) is 5.06. The van der Waals surface area contributed by atoms with Crippen LogP contribution in [0.25, 0.3) is 0 Å². The molecular formula is C9H7ClN4O5S. The van der Waals surface area contributed by atoms with Crippen molar-refractivity contribution in [3.8, 4) is 0 Å². The van der Waals surface area contributed by atoms with E-state index in [1.165, 1.54) is 6.92 Å². The van der Waals surface area contributed by atoms with E-state index < -0.39 is 20.6 Å². The molecule has 1 heterocycles. The summed E-state index contributed by atoms with van der Waals surface area (Å²) in [6.07, 6.45) is 0. The Bertz CT molecular complexity index is 772. The van der Waals surface area contributed by atoms with Crippen LogP contribution in [0.5, 0.6) is 0 Å². The van der Waals surface area contributed by atoms with Crippen LogP contribution in [0, 0.1) is 17.0 Å². The third-order valence-corrected chi connectivity index (χ3v) is 3.81. The predicted octanol–water partition coefficient (Wildman–Crippen LogP) is 1.74. The second-order valence-corrected chi connectivity index (χ2v) is 5.69. The van der Waals surface area contributed by atoms with Crippen LogP contribution in [0.3, 0.4) is 0 Å². The van der Waals surface area contributed by atoms with Gasteiger partial charge in [-0.15, -0.1) is 5.10 Å². The van der Waals surface area contributed by atoms with Crippen molar-refractivity contribution >= 4 is 33.3 Å². The molecule has 0 radical (unpaired) electrons. The van der Waals surface area contributed by atoms with Crippen LogP contribution in [-0.2, 0) is 10.0 Å². The zero-order chi connectivity index (χ0) is 14.9. The zero-order valence-electron chi connectivity index (χ0n) is 9.90. The molecule has 0 bridgehead atoms. The molecule has 0 saturated heterocycles. The predicted molar refractivity (Wildman–Crippen MR) is 67.9 cm³/mol. The third kappa shape index (κ3) is 2.86. The molecule has 9 nitrogen and oxygen atoms in total. The molecule has 1 aromatic heterocycles. The number of benzene rings is 1. The second-order valence-electron chi connectivity index (χ2n) is 3.60. The van der Waals surface area contributed by atoms with Crippen LogP contribution in [0.15, 0.2) is 27.5 Å². The van der Waals surface area contributed by atoms with Gasteiger partial charge in [-0.1, -0.05) is 16.7 Å². The minimum atomic E-state index is -4.08. The molecule has 20 heavy (non-hydrogen) atoms. The number of hydrogen-bond acceptors (Lipinski definition) is 7. The Kier molecular flexibility index (Phi) is 3.59. The van der Waals surface area contributed by atoms with Crippen molar-refractivity contribution in [1.29, 1.82) is 0 Å². The molecule has 0 aliphatic rings. The van der Waals surface area contributed by atoms with E-state index in [1.54, 1.807) is 0 Å². The molecule has 0 atom stereocenters. The standard InChI is InChI=1S/C9H7ClN4O5S/c1-5-11-12-9(19-5)13-20(17,18)6-2-3-7(10)8(4-6)14(15)16/h2-4H,1H3,(H,12,13). The van der Waals surface area contributed by atoms with Crippen LogP contribution in [0.2, 0.25) is 5.02 Å². The molecule has 2 rings (SSSR count). The summed E-state index contributed by atoms with van der Waals surface area (Å²) in [5.41, 5.74) is -0.517. The summed E-state index contributed by atoms with van der Waals surface area (Å²) < 4.78 is 30.9. The van der Waals surface area contributed by atoms with E-state index in [-0.39, 0.29) is 21.8 Å². The molecule has 1 aromatic carbocycles. The first-order valence-corrected chi connectivity index (χ1v) is 6.92. The summed E-state index contributed by atoms with van der Waals surface area (Å²) in [5, 5.41) is 17.5. The molecule has 11 heteroatoms. The van der Waals surface area contributed by atoms with Gasteiger partial charge in [0.1, 0.15) is 5.02 Å². The number of sulfonamides is 1. The minimum absolute atomic E-state index is 0.164. The van der Waals surface area contributed by atoms with E-state index in [2.05, 4.69) is 10.2 Å². The molecule has 0 saturated carbocycles. The average molecular weight is 319 g/mol. The van der Waals surface area contributed by atoms with Crippen molar-refractivity contribution in [2.45, 2.75) is 11.8 Å². The summed E-state index contributed by atoms with van der Waals surface area (Å²) in [5.74, 6) is 0.171. The van der Waals surface area contributed by atoms with E-state index in [0.29, 0.717) is 0 Å². The molecule has 1 N–H and O–H groups in total. The monoisotopic (exact) mass is 318 g/mol. The zero-order valence-corrected chi connectivity index (χ0v) is 11.5. The fourth-order valence-electron chi connectivity index (χ4n) is 1.31. The SMILES string of the molecule is Cc1nnc(NS(=O)(=O)c2ccc(Cl)c([N+](=O)[O-])c2)o1. The highest BCUT2D eigenvalue weighted by Gasteiger charge is 2.22. The highest BCUT2D eigenvalue weighted by Crippen LogP contribution is 2.27. The lowest BCUT2D eigenvalue weighted by molar-refractivity contribution is -0.384. The van der Waals surface area contributed by atoms with E-state index in [9.17, 15) is 18.5 Å². The van der Waals surface area contributed by atoms with Crippen molar-refractivity contribution in [3.05, 3.63) is 39.2 Å². The van der Waals surface area contributed by atoms with Gasteiger partial charge in [-0.2, -0.15) is 0 Å². The largest absolute Gasteiger partial charge is 0.408 e. The van der Waals surface area contributed by atoms with E-state index in [0.717, 1.165) is 18.2 Å². The highest BCUT2D eigenvalue weighted by atomic mass is 35.5. The summed E-state index contributed by atoms with van der Waals surface area (Å²) in [6.45, 7) is 1.48. The van der Waals surface area contributed by atoms with Crippen LogP contribution in [-0.4, -0.2) is 23.5 Å². The third-order valence-electron chi connectivity index (χ3n) is 2.17. The van der Waals surface area contributed by atoms with Crippen molar-refractivity contribution < 1.29 is 17.8 Å². The van der Waals surface area contributed by atoms with Gasteiger partial charge in [0.2, 0.25) is 5.89 Å². The Balaban J connectivity index is 2.39. The summed E-state index contributed by atoms with van der Waals surface area (Å²) in [6, 6.07) is 2.75. The number of nitro groups is 1. The number of halogens is 1. The van der Waals surface area contributed by atoms with Gasteiger partial charge in [-0.25, -0.2) is 13.1 Å². The maximum Gasteiger partial charge on any atom is 0.329 e. The molecule has 0 spiro atoms. The van der Waals surface area contributed by atoms with E-state index >= 15 is 0 Å². The van der Waals surface area contributed by atoms with Gasteiger partial charge < -0.3 is 4.42 Å². The number of aromatic nitrogens is 2. The number of anilines is 1. The normalized spacial score (nSPS) is 11.3. The number of rotatable bonds is 4. The highest BCUT2D eigenvalue weighted by molar-refractivity contribution is 7.92. The van der Waals surface area contributed by atoms with Crippen LogP contribution in [0.1, 0.15) is 5.89 Å². The summed E-state index contributed by atoms with van der Waals surface area (Å²) >= 11 is 5.61. The Hall–Kier alpha value is -2.20. The van der Waals surface area contributed by atoms with Gasteiger partial charge >= 0.3 is 6.01 Å².